The van der Waals surface area contributed by atoms with Crippen molar-refractivity contribution in [2.24, 2.45) is 0 Å². The molecule has 8 heteroatoms. The first-order valence-corrected chi connectivity index (χ1v) is 3.01. The van der Waals surface area contributed by atoms with Crippen LogP contribution in [0.15, 0.2) is 18.2 Å². The Morgan fingerprint density at radius 1 is 1.00 bits per heavy atom. The zero-order valence-electron chi connectivity index (χ0n) is 7.52. The summed E-state index contributed by atoms with van der Waals surface area (Å²) in [7, 11) is 0. The van der Waals surface area contributed by atoms with Crippen LogP contribution >= 0.6 is 0 Å². The van der Waals surface area contributed by atoms with Gasteiger partial charge in [-0.05, 0) is 12.1 Å². The molecule has 4 N–H and O–H groups in total. The average molecular weight is 225 g/mol. The second kappa shape index (κ2) is 8.11. The average Bonchev–Trinajstić information content (AvgIpc) is 2.04. The molecule has 0 aliphatic rings. The fraction of sp³-hybridized carbons (Fsp3) is 0. The predicted octanol–water partition coefficient (Wildman–Crippen LogP) is -4.22. The summed E-state index contributed by atoms with van der Waals surface area (Å²) in [5.41, 5.74) is -0.839. The van der Waals surface area contributed by atoms with Crippen LogP contribution in [0, 0.1) is 0 Å². The van der Waals surface area contributed by atoms with Crippen molar-refractivity contribution in [3.05, 3.63) is 29.6 Å². The summed E-state index contributed by atoms with van der Waals surface area (Å²) >= 11 is 0. The van der Waals surface area contributed by atoms with Crippen LogP contribution in [0.25, 0.3) is 0 Å². The van der Waals surface area contributed by atoms with Gasteiger partial charge < -0.3 is 30.8 Å². The number of rotatable bonds is 2. The Kier molecular flexibility index (Phi) is 10.5. The summed E-state index contributed by atoms with van der Waals surface area (Å²) in [6, 6.07) is 3.53. The zero-order valence-corrected chi connectivity index (χ0v) is 8.93. The molecule has 0 bridgehead atoms. The molecule has 0 aliphatic heterocycles. The predicted molar refractivity (Wildman–Crippen MR) is 45.9 cm³/mol. The van der Waals surface area contributed by atoms with Crippen LogP contribution < -0.4 is 10.2 Å². The normalized spacial score (nSPS) is 7.47. The molecule has 1 rings (SSSR count). The number of aromatic nitrogens is 1. The van der Waals surface area contributed by atoms with Crippen LogP contribution in [0.3, 0.4) is 0 Å². The summed E-state index contributed by atoms with van der Waals surface area (Å²) in [6.45, 7) is 0. The third kappa shape index (κ3) is 5.27. The van der Waals surface area contributed by atoms with E-state index in [2.05, 4.69) is 4.98 Å². The topological polar surface area (TPSA) is 156 Å². The SMILES string of the molecule is O.O.O=C([O-])c1cccc(C(=O)[O-])n1.[Mg+2]. The van der Waals surface area contributed by atoms with Gasteiger partial charge in [-0.3, -0.25) is 0 Å². The van der Waals surface area contributed by atoms with E-state index in [0.717, 1.165) is 12.1 Å². The number of carbonyl (C=O) groups excluding carboxylic acids is 2. The summed E-state index contributed by atoms with van der Waals surface area (Å²) in [4.78, 5) is 23.6. The van der Waals surface area contributed by atoms with Gasteiger partial charge in [0, 0.05) is 0 Å². The molecule has 1 aromatic rings. The zero-order chi connectivity index (χ0) is 9.14. The largest absolute Gasteiger partial charge is 2.00 e. The van der Waals surface area contributed by atoms with Gasteiger partial charge in [-0.15, -0.1) is 0 Å². The van der Waals surface area contributed by atoms with Crippen molar-refractivity contribution >= 4 is 35.0 Å². The monoisotopic (exact) mass is 225 g/mol. The minimum atomic E-state index is -1.52. The minimum absolute atomic E-state index is 0. The number of aromatic carboxylic acids is 2. The van der Waals surface area contributed by atoms with E-state index in [-0.39, 0.29) is 34.0 Å². The first-order chi connectivity index (χ1) is 5.61. The maximum absolute atomic E-state index is 10.2. The summed E-state index contributed by atoms with van der Waals surface area (Å²) < 4.78 is 0. The van der Waals surface area contributed by atoms with Gasteiger partial charge >= 0.3 is 23.1 Å². The van der Waals surface area contributed by atoms with Crippen molar-refractivity contribution in [2.45, 2.75) is 0 Å². The van der Waals surface area contributed by atoms with E-state index in [4.69, 9.17) is 0 Å². The van der Waals surface area contributed by atoms with E-state index in [9.17, 15) is 19.8 Å². The molecule has 0 aromatic carbocycles. The van der Waals surface area contributed by atoms with Gasteiger partial charge in [0.05, 0.1) is 23.3 Å². The number of hydrogen-bond acceptors (Lipinski definition) is 5. The maximum atomic E-state index is 10.2. The molecule has 7 nitrogen and oxygen atoms in total. The molecule has 1 heterocycles. The fourth-order valence-corrected chi connectivity index (χ4v) is 0.662. The van der Waals surface area contributed by atoms with Gasteiger partial charge in [-0.25, -0.2) is 4.98 Å². The molecule has 0 unspecified atom stereocenters. The molecule has 0 fully saturated rings. The van der Waals surface area contributed by atoms with Gasteiger partial charge in [0.15, 0.2) is 0 Å². The van der Waals surface area contributed by atoms with Gasteiger partial charge in [-0.1, -0.05) is 6.07 Å². The molecule has 78 valence electrons. The standard InChI is InChI=1S/C7H5NO4.Mg.2H2O/c9-6(10)4-2-1-3-5(8-4)7(11)12;;;/h1-3H,(H,9,10)(H,11,12);;2*1H2/q;+2;;/p-2. The molecule has 15 heavy (non-hydrogen) atoms. The molecule has 1 aromatic heterocycles. The van der Waals surface area contributed by atoms with Gasteiger partial charge in [0.25, 0.3) is 0 Å². The van der Waals surface area contributed by atoms with Crippen LogP contribution in [0.4, 0.5) is 0 Å². The smallest absolute Gasteiger partial charge is 0.543 e. The van der Waals surface area contributed by atoms with Crippen molar-refractivity contribution in [3.8, 4) is 0 Å². The second-order valence-electron chi connectivity index (χ2n) is 1.98. The molecular formula is C7H7MgNO6. The molecule has 0 radical (unpaired) electrons. The van der Waals surface area contributed by atoms with Crippen LogP contribution in [0.2, 0.25) is 0 Å². The van der Waals surface area contributed by atoms with Crippen LogP contribution in [0.1, 0.15) is 21.0 Å². The van der Waals surface area contributed by atoms with E-state index in [1.165, 1.54) is 6.07 Å². The van der Waals surface area contributed by atoms with Crippen LogP contribution in [0.5, 0.6) is 0 Å². The Labute approximate surface area is 101 Å². The first kappa shape index (κ1) is 19.4. The molecular weight excluding hydrogens is 218 g/mol. The van der Waals surface area contributed by atoms with Gasteiger partial charge in [-0.2, -0.15) is 0 Å². The van der Waals surface area contributed by atoms with Crippen molar-refractivity contribution < 1.29 is 30.8 Å². The Balaban J connectivity index is -0.000000480. The molecule has 0 saturated carbocycles. The second-order valence-corrected chi connectivity index (χ2v) is 1.98. The van der Waals surface area contributed by atoms with E-state index in [1.54, 1.807) is 0 Å². The third-order valence-electron chi connectivity index (χ3n) is 1.17. The summed E-state index contributed by atoms with van der Waals surface area (Å²) in [5.74, 6) is -3.03. The van der Waals surface area contributed by atoms with Crippen molar-refractivity contribution in [1.82, 2.24) is 4.98 Å². The van der Waals surface area contributed by atoms with E-state index < -0.39 is 23.3 Å². The van der Waals surface area contributed by atoms with E-state index >= 15 is 0 Å². The fourth-order valence-electron chi connectivity index (χ4n) is 0.662. The quantitative estimate of drug-likeness (QED) is 0.466. The summed E-state index contributed by atoms with van der Waals surface area (Å²) in [5, 5.41) is 20.4. The van der Waals surface area contributed by atoms with Crippen LogP contribution in [-0.2, 0) is 0 Å². The number of hydrogen-bond donors (Lipinski definition) is 0. The van der Waals surface area contributed by atoms with Crippen LogP contribution in [-0.4, -0.2) is 50.9 Å². The van der Waals surface area contributed by atoms with E-state index in [1.807, 2.05) is 0 Å². The Hall–Kier alpha value is -1.22. The van der Waals surface area contributed by atoms with Crippen molar-refractivity contribution in [2.75, 3.05) is 0 Å². The first-order valence-electron chi connectivity index (χ1n) is 3.01. The number of carboxylic acids is 2. The minimum Gasteiger partial charge on any atom is -0.543 e. The molecule has 0 spiro atoms. The summed E-state index contributed by atoms with van der Waals surface area (Å²) in [6.07, 6.45) is 0. The molecule has 0 atom stereocenters. The number of pyridine rings is 1. The number of carboxylic acid groups (broad SMARTS) is 2. The maximum Gasteiger partial charge on any atom is 2.00 e. The van der Waals surface area contributed by atoms with Crippen molar-refractivity contribution in [1.29, 1.82) is 0 Å². The van der Waals surface area contributed by atoms with Gasteiger partial charge in [0.2, 0.25) is 0 Å². The molecule has 0 saturated heterocycles. The Morgan fingerprint density at radius 3 is 1.60 bits per heavy atom. The molecule has 0 amide bonds. The van der Waals surface area contributed by atoms with Gasteiger partial charge in [0.1, 0.15) is 0 Å². The Bertz CT molecular complexity index is 313. The van der Waals surface area contributed by atoms with Crippen molar-refractivity contribution in [3.63, 3.8) is 0 Å². The number of carbonyl (C=O) groups is 2. The van der Waals surface area contributed by atoms with E-state index in [0.29, 0.717) is 0 Å². The number of nitrogens with zero attached hydrogens (tertiary/aromatic N) is 1. The molecule has 0 aliphatic carbocycles. The third-order valence-corrected chi connectivity index (χ3v) is 1.17. The Morgan fingerprint density at radius 2 is 1.33 bits per heavy atom.